The lowest BCUT2D eigenvalue weighted by atomic mass is 10.3. The summed E-state index contributed by atoms with van der Waals surface area (Å²) in [6.07, 6.45) is -1.13. The Morgan fingerprint density at radius 3 is 2.71 bits per heavy atom. The van der Waals surface area contributed by atoms with E-state index < -0.39 is 44.6 Å². The molecule has 2 rings (SSSR count). The predicted molar refractivity (Wildman–Crippen MR) is 77.1 cm³/mol. The smallest absolute Gasteiger partial charge is 0.309 e. The van der Waals surface area contributed by atoms with Gasteiger partial charge in [-0.2, -0.15) is 4.31 Å². The number of benzene rings is 1. The number of carbonyl (C=O) groups excluding carboxylic acids is 2. The van der Waals surface area contributed by atoms with Crippen molar-refractivity contribution in [3.8, 4) is 0 Å². The second kappa shape index (κ2) is 7.20. The van der Waals surface area contributed by atoms with Crippen LogP contribution in [0.5, 0.6) is 0 Å². The van der Waals surface area contributed by atoms with E-state index in [1.165, 1.54) is 7.05 Å². The zero-order chi connectivity index (χ0) is 17.9. The summed E-state index contributed by atoms with van der Waals surface area (Å²) in [4.78, 5) is 21.7. The molecule has 1 fully saturated rings. The molecule has 2 amide bonds. The number of ether oxygens (including phenoxy) is 1. The Bertz CT molecular complexity index is 756. The van der Waals surface area contributed by atoms with Gasteiger partial charge in [-0.05, 0) is 18.2 Å². The Morgan fingerprint density at radius 1 is 1.33 bits per heavy atom. The average Bonchev–Trinajstić information content (AvgIpc) is 3.03. The van der Waals surface area contributed by atoms with E-state index in [-0.39, 0.29) is 19.7 Å². The van der Waals surface area contributed by atoms with Crippen molar-refractivity contribution in [3.63, 3.8) is 0 Å². The van der Waals surface area contributed by atoms with Gasteiger partial charge < -0.3 is 15.4 Å². The van der Waals surface area contributed by atoms with Crippen molar-refractivity contribution < 1.29 is 31.5 Å². The van der Waals surface area contributed by atoms with Crippen molar-refractivity contribution in [1.82, 2.24) is 14.9 Å². The summed E-state index contributed by atoms with van der Waals surface area (Å²) in [5.41, 5.74) is 0. The molecule has 24 heavy (non-hydrogen) atoms. The van der Waals surface area contributed by atoms with E-state index in [4.69, 9.17) is 4.74 Å². The molecule has 0 spiro atoms. The molecule has 0 aromatic heterocycles. The number of amides is 2. The highest BCUT2D eigenvalue weighted by molar-refractivity contribution is 7.89. The fourth-order valence-electron chi connectivity index (χ4n) is 2.12. The molecule has 1 atom stereocenters. The molecule has 0 radical (unpaired) electrons. The molecule has 1 aliphatic rings. The van der Waals surface area contributed by atoms with Crippen molar-refractivity contribution in [1.29, 1.82) is 0 Å². The third-order valence-corrected chi connectivity index (χ3v) is 5.20. The summed E-state index contributed by atoms with van der Waals surface area (Å²) in [6.45, 7) is -0.405. The van der Waals surface area contributed by atoms with E-state index >= 15 is 0 Å². The van der Waals surface area contributed by atoms with E-state index in [9.17, 15) is 26.8 Å². The van der Waals surface area contributed by atoms with Crippen molar-refractivity contribution >= 4 is 21.8 Å². The van der Waals surface area contributed by atoms with Crippen molar-refractivity contribution in [2.24, 2.45) is 0 Å². The lowest BCUT2D eigenvalue weighted by molar-refractivity contribution is -0.139. The highest BCUT2D eigenvalue weighted by atomic mass is 32.2. The van der Waals surface area contributed by atoms with Crippen LogP contribution in [0.3, 0.4) is 0 Å². The zero-order valence-electron chi connectivity index (χ0n) is 12.6. The van der Waals surface area contributed by atoms with Crippen LogP contribution in [0.2, 0.25) is 0 Å². The van der Waals surface area contributed by atoms with Gasteiger partial charge in [-0.15, -0.1) is 0 Å². The molecule has 1 heterocycles. The SMILES string of the molecule is CNC(=O)C(=O)NC[C@@H]1OCCN1S(=O)(=O)c1cc(F)ccc1F. The Labute approximate surface area is 136 Å². The molecule has 0 bridgehead atoms. The van der Waals surface area contributed by atoms with Crippen LogP contribution in [-0.4, -0.2) is 57.5 Å². The van der Waals surface area contributed by atoms with Crippen molar-refractivity contribution in [2.45, 2.75) is 11.1 Å². The largest absolute Gasteiger partial charge is 0.359 e. The number of hydrogen-bond donors (Lipinski definition) is 2. The maximum absolute atomic E-state index is 13.8. The number of nitrogens with one attached hydrogen (secondary N) is 2. The molecular weight excluding hydrogens is 348 g/mol. The molecule has 132 valence electrons. The first-order valence-corrected chi connectivity index (χ1v) is 8.29. The first-order chi connectivity index (χ1) is 11.3. The molecule has 0 aliphatic carbocycles. The number of nitrogens with zero attached hydrogens (tertiary/aromatic N) is 1. The summed E-state index contributed by atoms with van der Waals surface area (Å²) in [5, 5.41) is 4.31. The normalized spacial score (nSPS) is 18.4. The van der Waals surface area contributed by atoms with E-state index in [1.807, 2.05) is 0 Å². The van der Waals surface area contributed by atoms with Gasteiger partial charge in [0.05, 0.1) is 13.2 Å². The molecular formula is C13H15F2N3O5S. The summed E-state index contributed by atoms with van der Waals surface area (Å²) in [6, 6.07) is 2.08. The van der Waals surface area contributed by atoms with Crippen LogP contribution >= 0.6 is 0 Å². The van der Waals surface area contributed by atoms with Crippen LogP contribution < -0.4 is 10.6 Å². The van der Waals surface area contributed by atoms with E-state index in [2.05, 4.69) is 10.6 Å². The van der Waals surface area contributed by atoms with Crippen LogP contribution in [0.4, 0.5) is 8.78 Å². The van der Waals surface area contributed by atoms with Crippen LogP contribution in [-0.2, 0) is 24.3 Å². The lowest BCUT2D eigenvalue weighted by Crippen LogP contribution is -2.47. The molecule has 1 saturated heterocycles. The first kappa shape index (κ1) is 18.2. The third kappa shape index (κ3) is 3.68. The quantitative estimate of drug-likeness (QED) is 0.680. The minimum atomic E-state index is -4.37. The van der Waals surface area contributed by atoms with Crippen LogP contribution in [0.15, 0.2) is 23.1 Å². The molecule has 1 aromatic rings. The number of sulfonamides is 1. The number of carbonyl (C=O) groups is 2. The maximum atomic E-state index is 13.8. The Kier molecular flexibility index (Phi) is 5.47. The fraction of sp³-hybridized carbons (Fsp3) is 0.385. The van der Waals surface area contributed by atoms with Gasteiger partial charge in [-0.3, -0.25) is 9.59 Å². The van der Waals surface area contributed by atoms with Gasteiger partial charge in [-0.25, -0.2) is 17.2 Å². The van der Waals surface area contributed by atoms with Crippen LogP contribution in [0.25, 0.3) is 0 Å². The summed E-state index contributed by atoms with van der Waals surface area (Å²) in [5.74, 6) is -3.88. The number of rotatable bonds is 4. The molecule has 8 nitrogen and oxygen atoms in total. The van der Waals surface area contributed by atoms with Crippen molar-refractivity contribution in [3.05, 3.63) is 29.8 Å². The molecule has 0 saturated carbocycles. The first-order valence-electron chi connectivity index (χ1n) is 6.85. The fourth-order valence-corrected chi connectivity index (χ4v) is 3.71. The molecule has 11 heteroatoms. The van der Waals surface area contributed by atoms with Gasteiger partial charge in [0.2, 0.25) is 10.0 Å². The summed E-state index contributed by atoms with van der Waals surface area (Å²) in [7, 11) is -3.11. The number of likely N-dealkylation sites (N-methyl/N-ethyl adjacent to an activating group) is 1. The topological polar surface area (TPSA) is 105 Å². The lowest BCUT2D eigenvalue weighted by Gasteiger charge is -2.23. The van der Waals surface area contributed by atoms with Crippen LogP contribution in [0, 0.1) is 11.6 Å². The molecule has 2 N–H and O–H groups in total. The van der Waals surface area contributed by atoms with Gasteiger partial charge in [0.1, 0.15) is 22.8 Å². The standard InChI is InChI=1S/C13H15F2N3O5S/c1-16-12(19)13(20)17-7-11-18(4-5-23-11)24(21,22)10-6-8(14)2-3-9(10)15/h2-3,6,11H,4-5,7H2,1H3,(H,16,19)(H,17,20)/t11-/m0/s1. The van der Waals surface area contributed by atoms with Gasteiger partial charge in [0, 0.05) is 13.6 Å². The monoisotopic (exact) mass is 363 g/mol. The van der Waals surface area contributed by atoms with Gasteiger partial charge in [0.15, 0.2) is 0 Å². The second-order valence-electron chi connectivity index (χ2n) is 4.81. The van der Waals surface area contributed by atoms with Crippen LogP contribution in [0.1, 0.15) is 0 Å². The number of halogens is 2. The highest BCUT2D eigenvalue weighted by Gasteiger charge is 2.38. The van der Waals surface area contributed by atoms with E-state index in [0.717, 1.165) is 10.4 Å². The van der Waals surface area contributed by atoms with E-state index in [0.29, 0.717) is 12.1 Å². The Balaban J connectivity index is 2.18. The molecule has 0 unspecified atom stereocenters. The summed E-state index contributed by atoms with van der Waals surface area (Å²) < 4.78 is 58.0. The molecule has 1 aliphatic heterocycles. The second-order valence-corrected chi connectivity index (χ2v) is 6.66. The predicted octanol–water partition coefficient (Wildman–Crippen LogP) is -0.826. The number of hydrogen-bond acceptors (Lipinski definition) is 5. The van der Waals surface area contributed by atoms with Gasteiger partial charge in [-0.1, -0.05) is 0 Å². The minimum absolute atomic E-state index is 0.0106. The third-order valence-electron chi connectivity index (χ3n) is 3.29. The van der Waals surface area contributed by atoms with Gasteiger partial charge in [0.25, 0.3) is 0 Å². The Hall–Kier alpha value is -2.11. The highest BCUT2D eigenvalue weighted by Crippen LogP contribution is 2.24. The average molecular weight is 363 g/mol. The summed E-state index contributed by atoms with van der Waals surface area (Å²) >= 11 is 0. The Morgan fingerprint density at radius 2 is 2.04 bits per heavy atom. The maximum Gasteiger partial charge on any atom is 0.309 e. The molecule has 1 aromatic carbocycles. The van der Waals surface area contributed by atoms with Crippen molar-refractivity contribution in [2.75, 3.05) is 26.7 Å². The zero-order valence-corrected chi connectivity index (χ0v) is 13.4. The van der Waals surface area contributed by atoms with Gasteiger partial charge >= 0.3 is 11.8 Å². The minimum Gasteiger partial charge on any atom is -0.359 e. The van der Waals surface area contributed by atoms with E-state index in [1.54, 1.807) is 0 Å².